The molecule has 0 aliphatic heterocycles. The maximum absolute atomic E-state index is 11.7. The Morgan fingerprint density at radius 2 is 2.18 bits per heavy atom. The van der Waals surface area contributed by atoms with Crippen LogP contribution in [-0.2, 0) is 0 Å². The van der Waals surface area contributed by atoms with Gasteiger partial charge in [-0.3, -0.25) is 0 Å². The SMILES string of the molecule is Cc1cc(SC(F)(F)F)sn1. The molecule has 0 aromatic carbocycles. The summed E-state index contributed by atoms with van der Waals surface area (Å²) in [6, 6.07) is 1.42. The summed E-state index contributed by atoms with van der Waals surface area (Å²) in [4.78, 5) is 0. The number of hydrogen-bond acceptors (Lipinski definition) is 3. The zero-order valence-corrected chi connectivity index (χ0v) is 7.11. The van der Waals surface area contributed by atoms with E-state index in [9.17, 15) is 13.2 Å². The topological polar surface area (TPSA) is 12.9 Å². The molecule has 0 saturated carbocycles. The van der Waals surface area contributed by atoms with Crippen LogP contribution in [0.4, 0.5) is 13.2 Å². The summed E-state index contributed by atoms with van der Waals surface area (Å²) >= 11 is 0.747. The molecule has 0 atom stereocenters. The second kappa shape index (κ2) is 3.02. The molecule has 62 valence electrons. The van der Waals surface area contributed by atoms with Crippen LogP contribution in [0, 0.1) is 6.92 Å². The van der Waals surface area contributed by atoms with Crippen LogP contribution >= 0.6 is 23.3 Å². The minimum Gasteiger partial charge on any atom is -0.197 e. The standard InChI is InChI=1S/C5H4F3NS2/c1-3-2-4(11-9-3)10-5(6,7)8/h2H,1H3. The van der Waals surface area contributed by atoms with Gasteiger partial charge in [0.2, 0.25) is 0 Å². The van der Waals surface area contributed by atoms with Crippen molar-refractivity contribution in [3.8, 4) is 0 Å². The molecule has 1 aromatic rings. The van der Waals surface area contributed by atoms with Crippen molar-refractivity contribution in [3.05, 3.63) is 11.8 Å². The second-order valence-electron chi connectivity index (χ2n) is 1.84. The lowest BCUT2D eigenvalue weighted by molar-refractivity contribution is -0.0326. The minimum atomic E-state index is -4.20. The molecule has 6 heteroatoms. The van der Waals surface area contributed by atoms with Crippen LogP contribution in [-0.4, -0.2) is 9.88 Å². The van der Waals surface area contributed by atoms with E-state index in [1.807, 2.05) is 0 Å². The highest BCUT2D eigenvalue weighted by Crippen LogP contribution is 2.38. The van der Waals surface area contributed by atoms with E-state index in [1.165, 1.54) is 6.07 Å². The van der Waals surface area contributed by atoms with Crippen LogP contribution in [0.5, 0.6) is 0 Å². The molecule has 0 aliphatic rings. The third-order valence-electron chi connectivity index (χ3n) is 0.823. The Bertz CT molecular complexity index is 242. The van der Waals surface area contributed by atoms with E-state index in [2.05, 4.69) is 4.37 Å². The molecule has 0 saturated heterocycles. The third kappa shape index (κ3) is 3.11. The number of thioether (sulfide) groups is 1. The van der Waals surface area contributed by atoms with Gasteiger partial charge >= 0.3 is 5.51 Å². The zero-order valence-electron chi connectivity index (χ0n) is 5.47. The lowest BCUT2D eigenvalue weighted by Gasteiger charge is -2.00. The maximum atomic E-state index is 11.7. The molecule has 0 unspecified atom stereocenters. The quantitative estimate of drug-likeness (QED) is 0.645. The Hall–Kier alpha value is -0.230. The van der Waals surface area contributed by atoms with Crippen molar-refractivity contribution in [2.24, 2.45) is 0 Å². The van der Waals surface area contributed by atoms with E-state index < -0.39 is 5.51 Å². The van der Waals surface area contributed by atoms with Crippen LogP contribution < -0.4 is 0 Å². The number of aryl methyl sites for hydroxylation is 1. The van der Waals surface area contributed by atoms with E-state index in [0.717, 1.165) is 11.5 Å². The maximum Gasteiger partial charge on any atom is 0.447 e. The molecule has 1 rings (SSSR count). The number of aromatic nitrogens is 1. The molecule has 1 heterocycles. The van der Waals surface area contributed by atoms with Crippen molar-refractivity contribution in [1.82, 2.24) is 4.37 Å². The highest BCUT2D eigenvalue weighted by molar-refractivity contribution is 8.01. The average molecular weight is 199 g/mol. The normalized spacial score (nSPS) is 12.0. The summed E-state index contributed by atoms with van der Waals surface area (Å²) in [7, 11) is 0. The largest absolute Gasteiger partial charge is 0.447 e. The number of hydrogen-bond donors (Lipinski definition) is 0. The molecule has 0 fully saturated rings. The molecule has 0 aliphatic carbocycles. The fourth-order valence-corrected chi connectivity index (χ4v) is 2.01. The highest BCUT2D eigenvalue weighted by Gasteiger charge is 2.30. The molecule has 11 heavy (non-hydrogen) atoms. The van der Waals surface area contributed by atoms with Gasteiger partial charge in [-0.05, 0) is 36.3 Å². The van der Waals surface area contributed by atoms with Crippen molar-refractivity contribution in [2.75, 3.05) is 0 Å². The van der Waals surface area contributed by atoms with Crippen LogP contribution in [0.25, 0.3) is 0 Å². The average Bonchev–Trinajstić information content (AvgIpc) is 2.10. The van der Waals surface area contributed by atoms with Gasteiger partial charge in [-0.15, -0.1) is 0 Å². The Balaban J connectivity index is 2.65. The van der Waals surface area contributed by atoms with Gasteiger partial charge in [0.05, 0.1) is 9.90 Å². The molecule has 0 spiro atoms. The van der Waals surface area contributed by atoms with E-state index in [4.69, 9.17) is 0 Å². The minimum absolute atomic E-state index is 0.122. The van der Waals surface area contributed by atoms with E-state index in [1.54, 1.807) is 6.92 Å². The number of rotatable bonds is 1. The monoisotopic (exact) mass is 199 g/mol. The molecule has 1 aromatic heterocycles. The lowest BCUT2D eigenvalue weighted by atomic mass is 10.5. The highest BCUT2D eigenvalue weighted by atomic mass is 32.2. The summed E-state index contributed by atoms with van der Waals surface area (Å²) in [5.41, 5.74) is -3.57. The molecule has 0 N–H and O–H groups in total. The number of alkyl halides is 3. The van der Waals surface area contributed by atoms with Gasteiger partial charge in [-0.2, -0.15) is 17.5 Å². The predicted molar refractivity (Wildman–Crippen MR) is 38.8 cm³/mol. The first-order chi connectivity index (χ1) is 4.97. The van der Waals surface area contributed by atoms with Crippen LogP contribution in [0.3, 0.4) is 0 Å². The van der Waals surface area contributed by atoms with Crippen molar-refractivity contribution in [2.45, 2.75) is 16.6 Å². The fraction of sp³-hybridized carbons (Fsp3) is 0.400. The van der Waals surface area contributed by atoms with Gasteiger partial charge in [-0.25, -0.2) is 0 Å². The molecular formula is C5H4F3NS2. The summed E-state index contributed by atoms with van der Waals surface area (Å²) in [5.74, 6) is 0. The number of nitrogens with zero attached hydrogens (tertiary/aromatic N) is 1. The van der Waals surface area contributed by atoms with Gasteiger partial charge in [0.25, 0.3) is 0 Å². The molecule has 0 bridgehead atoms. The summed E-state index contributed by atoms with van der Waals surface area (Å²) < 4.78 is 39.0. The van der Waals surface area contributed by atoms with E-state index in [0.29, 0.717) is 5.69 Å². The molecular weight excluding hydrogens is 195 g/mol. The first-order valence-corrected chi connectivity index (χ1v) is 4.25. The van der Waals surface area contributed by atoms with Gasteiger partial charge in [0.15, 0.2) is 0 Å². The Morgan fingerprint density at radius 3 is 2.55 bits per heavy atom. The van der Waals surface area contributed by atoms with Crippen molar-refractivity contribution >= 4 is 23.3 Å². The van der Waals surface area contributed by atoms with Crippen LogP contribution in [0.1, 0.15) is 5.69 Å². The van der Waals surface area contributed by atoms with Crippen molar-refractivity contribution in [1.29, 1.82) is 0 Å². The summed E-state index contributed by atoms with van der Waals surface area (Å²) in [6.45, 7) is 1.66. The van der Waals surface area contributed by atoms with Gasteiger partial charge in [-0.1, -0.05) is 0 Å². The Morgan fingerprint density at radius 1 is 1.55 bits per heavy atom. The Labute approximate surface area is 69.8 Å². The Kier molecular flexibility index (Phi) is 2.43. The second-order valence-corrected chi connectivity index (χ2v) is 4.01. The predicted octanol–water partition coefficient (Wildman–Crippen LogP) is 3.06. The van der Waals surface area contributed by atoms with Crippen molar-refractivity contribution < 1.29 is 13.2 Å². The van der Waals surface area contributed by atoms with Crippen molar-refractivity contribution in [3.63, 3.8) is 0 Å². The molecule has 1 nitrogen and oxygen atoms in total. The van der Waals surface area contributed by atoms with Gasteiger partial charge < -0.3 is 0 Å². The molecule has 0 amide bonds. The number of halogens is 3. The zero-order chi connectivity index (χ0) is 8.48. The first kappa shape index (κ1) is 8.86. The van der Waals surface area contributed by atoms with E-state index >= 15 is 0 Å². The molecule has 0 radical (unpaired) electrons. The fourth-order valence-electron chi connectivity index (χ4n) is 0.502. The van der Waals surface area contributed by atoms with E-state index in [-0.39, 0.29) is 16.0 Å². The van der Waals surface area contributed by atoms with Gasteiger partial charge in [0.1, 0.15) is 0 Å². The van der Waals surface area contributed by atoms with Crippen LogP contribution in [0.2, 0.25) is 0 Å². The summed E-state index contributed by atoms with van der Waals surface area (Å²) in [6.07, 6.45) is 0. The van der Waals surface area contributed by atoms with Crippen LogP contribution in [0.15, 0.2) is 10.3 Å². The first-order valence-electron chi connectivity index (χ1n) is 2.66. The summed E-state index contributed by atoms with van der Waals surface area (Å²) in [5, 5.41) is 0. The van der Waals surface area contributed by atoms with Gasteiger partial charge in [0, 0.05) is 0 Å². The lowest BCUT2D eigenvalue weighted by Crippen LogP contribution is -1.97. The third-order valence-corrected chi connectivity index (χ3v) is 2.52. The smallest absolute Gasteiger partial charge is 0.197 e.